The van der Waals surface area contributed by atoms with Gasteiger partial charge in [0.15, 0.2) is 0 Å². The van der Waals surface area contributed by atoms with Crippen LogP contribution in [0.4, 0.5) is 0 Å². The van der Waals surface area contributed by atoms with Crippen molar-refractivity contribution in [1.29, 1.82) is 0 Å². The summed E-state index contributed by atoms with van der Waals surface area (Å²) in [6, 6.07) is 0. The summed E-state index contributed by atoms with van der Waals surface area (Å²) in [7, 11) is 0. The predicted octanol–water partition coefficient (Wildman–Crippen LogP) is 4.53. The summed E-state index contributed by atoms with van der Waals surface area (Å²) in [5.74, 6) is 1.71. The minimum Gasteiger partial charge on any atom is -0.393 e. The van der Waals surface area contributed by atoms with Crippen molar-refractivity contribution in [3.8, 4) is 0 Å². The highest BCUT2D eigenvalue weighted by atomic mass is 16.3. The standard InChI is InChI=1S/C15H30O/c1-13(2)7-6-10-15(16)12-11-14-8-4-3-5-9-14/h13-16H,3-12H2,1-2H3. The second-order valence-corrected chi connectivity index (χ2v) is 6.06. The fourth-order valence-electron chi connectivity index (χ4n) is 2.81. The first-order chi connectivity index (χ1) is 7.68. The van der Waals surface area contributed by atoms with Gasteiger partial charge in [-0.15, -0.1) is 0 Å². The molecule has 1 unspecified atom stereocenters. The first-order valence-corrected chi connectivity index (χ1v) is 7.36. The van der Waals surface area contributed by atoms with Gasteiger partial charge in [-0.05, 0) is 31.1 Å². The van der Waals surface area contributed by atoms with Crippen LogP contribution in [0.25, 0.3) is 0 Å². The molecule has 0 spiro atoms. The second kappa shape index (κ2) is 8.11. The minimum absolute atomic E-state index is 0.0272. The third-order valence-corrected chi connectivity index (χ3v) is 3.95. The quantitative estimate of drug-likeness (QED) is 0.676. The Morgan fingerprint density at radius 3 is 2.31 bits per heavy atom. The molecule has 0 bridgehead atoms. The van der Waals surface area contributed by atoms with E-state index in [1.54, 1.807) is 0 Å². The fraction of sp³-hybridized carbons (Fsp3) is 1.00. The van der Waals surface area contributed by atoms with Crippen molar-refractivity contribution >= 4 is 0 Å². The molecule has 1 rings (SSSR count). The van der Waals surface area contributed by atoms with E-state index in [0.717, 1.165) is 24.7 Å². The highest BCUT2D eigenvalue weighted by Gasteiger charge is 2.14. The SMILES string of the molecule is CC(C)CCCC(O)CCC1CCCCC1. The van der Waals surface area contributed by atoms with E-state index < -0.39 is 0 Å². The van der Waals surface area contributed by atoms with Gasteiger partial charge in [-0.25, -0.2) is 0 Å². The van der Waals surface area contributed by atoms with Crippen molar-refractivity contribution in [2.45, 2.75) is 84.2 Å². The molecule has 0 radical (unpaired) electrons. The van der Waals surface area contributed by atoms with Gasteiger partial charge in [-0.3, -0.25) is 0 Å². The molecule has 0 aromatic rings. The number of rotatable bonds is 7. The lowest BCUT2D eigenvalue weighted by Gasteiger charge is -2.22. The maximum atomic E-state index is 9.89. The van der Waals surface area contributed by atoms with E-state index in [2.05, 4.69) is 13.8 Å². The zero-order valence-electron chi connectivity index (χ0n) is 11.3. The summed E-state index contributed by atoms with van der Waals surface area (Å²) in [5, 5.41) is 9.89. The van der Waals surface area contributed by atoms with Crippen LogP contribution >= 0.6 is 0 Å². The maximum absolute atomic E-state index is 9.89. The van der Waals surface area contributed by atoms with E-state index >= 15 is 0 Å². The minimum atomic E-state index is -0.0272. The molecular weight excluding hydrogens is 196 g/mol. The molecule has 1 saturated carbocycles. The molecule has 1 nitrogen and oxygen atoms in total. The summed E-state index contributed by atoms with van der Waals surface area (Å²) in [6.45, 7) is 4.52. The first kappa shape index (κ1) is 14.0. The Hall–Kier alpha value is -0.0400. The Bertz CT molecular complexity index is 159. The van der Waals surface area contributed by atoms with Crippen molar-refractivity contribution in [2.24, 2.45) is 11.8 Å². The van der Waals surface area contributed by atoms with Crippen molar-refractivity contribution < 1.29 is 5.11 Å². The van der Waals surface area contributed by atoms with Crippen LogP contribution in [0.2, 0.25) is 0 Å². The largest absolute Gasteiger partial charge is 0.393 e. The van der Waals surface area contributed by atoms with Crippen molar-refractivity contribution in [1.82, 2.24) is 0 Å². The highest BCUT2D eigenvalue weighted by molar-refractivity contribution is 4.68. The third kappa shape index (κ3) is 6.52. The van der Waals surface area contributed by atoms with Crippen LogP contribution in [0, 0.1) is 11.8 Å². The van der Waals surface area contributed by atoms with Crippen molar-refractivity contribution in [2.75, 3.05) is 0 Å². The van der Waals surface area contributed by atoms with Crippen LogP contribution in [-0.2, 0) is 0 Å². The van der Waals surface area contributed by atoms with E-state index in [9.17, 15) is 5.11 Å². The van der Waals surface area contributed by atoms with Crippen LogP contribution in [0.5, 0.6) is 0 Å². The van der Waals surface area contributed by atoms with Gasteiger partial charge in [0.25, 0.3) is 0 Å². The molecule has 1 aliphatic rings. The van der Waals surface area contributed by atoms with E-state index in [1.165, 1.54) is 51.4 Å². The smallest absolute Gasteiger partial charge is 0.0540 e. The van der Waals surface area contributed by atoms with E-state index in [0.29, 0.717) is 0 Å². The summed E-state index contributed by atoms with van der Waals surface area (Å²) in [5.41, 5.74) is 0. The van der Waals surface area contributed by atoms with Gasteiger partial charge < -0.3 is 5.11 Å². The molecule has 96 valence electrons. The predicted molar refractivity (Wildman–Crippen MR) is 70.5 cm³/mol. The van der Waals surface area contributed by atoms with Gasteiger partial charge in [-0.2, -0.15) is 0 Å². The zero-order chi connectivity index (χ0) is 11.8. The molecule has 0 aromatic carbocycles. The molecule has 0 aliphatic heterocycles. The number of aliphatic hydroxyl groups is 1. The van der Waals surface area contributed by atoms with Gasteiger partial charge in [0, 0.05) is 0 Å². The molecule has 1 atom stereocenters. The van der Waals surface area contributed by atoms with Gasteiger partial charge in [0.1, 0.15) is 0 Å². The highest BCUT2D eigenvalue weighted by Crippen LogP contribution is 2.28. The molecule has 0 heterocycles. The molecule has 1 N–H and O–H groups in total. The summed E-state index contributed by atoms with van der Waals surface area (Å²) in [4.78, 5) is 0. The van der Waals surface area contributed by atoms with Crippen LogP contribution in [0.1, 0.15) is 78.1 Å². The molecule has 1 heteroatoms. The van der Waals surface area contributed by atoms with E-state index in [1.807, 2.05) is 0 Å². The Balaban J connectivity index is 1.98. The molecule has 0 saturated heterocycles. The Morgan fingerprint density at radius 1 is 1.00 bits per heavy atom. The van der Waals surface area contributed by atoms with Gasteiger partial charge >= 0.3 is 0 Å². The van der Waals surface area contributed by atoms with Crippen LogP contribution < -0.4 is 0 Å². The summed E-state index contributed by atoms with van der Waals surface area (Å²) < 4.78 is 0. The van der Waals surface area contributed by atoms with Crippen LogP contribution in [-0.4, -0.2) is 11.2 Å². The topological polar surface area (TPSA) is 20.2 Å². The van der Waals surface area contributed by atoms with Gasteiger partial charge in [0.05, 0.1) is 6.10 Å². The zero-order valence-corrected chi connectivity index (χ0v) is 11.3. The van der Waals surface area contributed by atoms with E-state index in [-0.39, 0.29) is 6.10 Å². The first-order valence-electron chi connectivity index (χ1n) is 7.36. The summed E-state index contributed by atoms with van der Waals surface area (Å²) in [6.07, 6.45) is 12.9. The van der Waals surface area contributed by atoms with Gasteiger partial charge in [-0.1, -0.05) is 58.8 Å². The number of hydrogen-bond donors (Lipinski definition) is 1. The van der Waals surface area contributed by atoms with Gasteiger partial charge in [0.2, 0.25) is 0 Å². The maximum Gasteiger partial charge on any atom is 0.0540 e. The lowest BCUT2D eigenvalue weighted by Crippen LogP contribution is -2.12. The van der Waals surface area contributed by atoms with Crippen molar-refractivity contribution in [3.63, 3.8) is 0 Å². The van der Waals surface area contributed by atoms with Crippen LogP contribution in [0.15, 0.2) is 0 Å². The third-order valence-electron chi connectivity index (χ3n) is 3.95. The lowest BCUT2D eigenvalue weighted by atomic mass is 9.85. The lowest BCUT2D eigenvalue weighted by molar-refractivity contribution is 0.136. The monoisotopic (exact) mass is 226 g/mol. The van der Waals surface area contributed by atoms with Crippen molar-refractivity contribution in [3.05, 3.63) is 0 Å². The summed E-state index contributed by atoms with van der Waals surface area (Å²) >= 11 is 0. The molecule has 1 aliphatic carbocycles. The Morgan fingerprint density at radius 2 is 1.69 bits per heavy atom. The Kier molecular flexibility index (Phi) is 7.11. The molecule has 0 amide bonds. The number of aliphatic hydroxyl groups excluding tert-OH is 1. The molecule has 16 heavy (non-hydrogen) atoms. The average Bonchev–Trinajstić information content (AvgIpc) is 2.27. The molecule has 1 fully saturated rings. The second-order valence-electron chi connectivity index (χ2n) is 6.06. The molecular formula is C15H30O. The Labute approximate surface area is 102 Å². The van der Waals surface area contributed by atoms with Crippen LogP contribution in [0.3, 0.4) is 0 Å². The fourth-order valence-corrected chi connectivity index (χ4v) is 2.81. The average molecular weight is 226 g/mol. The van der Waals surface area contributed by atoms with E-state index in [4.69, 9.17) is 0 Å². The normalized spacial score (nSPS) is 20.2. The number of hydrogen-bond acceptors (Lipinski definition) is 1. The molecule has 0 aromatic heterocycles.